The van der Waals surface area contributed by atoms with Crippen LogP contribution in [-0.4, -0.2) is 27.0 Å². The summed E-state index contributed by atoms with van der Waals surface area (Å²) < 4.78 is 18.9. The van der Waals surface area contributed by atoms with Gasteiger partial charge in [-0.15, -0.1) is 0 Å². The first-order chi connectivity index (χ1) is 15.0. The fourth-order valence-electron chi connectivity index (χ4n) is 3.15. The van der Waals surface area contributed by atoms with Crippen molar-refractivity contribution in [3.63, 3.8) is 0 Å². The first-order valence-electron chi connectivity index (χ1n) is 9.41. The SMILES string of the molecule is Cc1ccc(C2=NN3C(=N)/C(=C/c4ccc(-c5ccc(F)cc5)o4)C(=O)N=C3S2)cc1. The minimum Gasteiger partial charge on any atom is -0.457 e. The first-order valence-corrected chi connectivity index (χ1v) is 10.2. The van der Waals surface area contributed by atoms with Crippen LogP contribution in [-0.2, 0) is 4.79 Å². The standard InChI is InChI=1S/C23H15FN4O2S/c1-13-2-4-15(5-3-13)22-27-28-20(25)18(21(29)26-23(28)31-22)12-17-10-11-19(30-17)14-6-8-16(24)9-7-14/h2-12,25H,1H3/b18-12-,25-20?. The number of hydrazone groups is 1. The van der Waals surface area contributed by atoms with Gasteiger partial charge in [-0.2, -0.15) is 15.1 Å². The van der Waals surface area contributed by atoms with E-state index in [9.17, 15) is 9.18 Å². The van der Waals surface area contributed by atoms with Crippen LogP contribution in [0.25, 0.3) is 17.4 Å². The van der Waals surface area contributed by atoms with E-state index in [1.165, 1.54) is 35.0 Å². The van der Waals surface area contributed by atoms with Crippen molar-refractivity contribution in [3.8, 4) is 11.3 Å². The van der Waals surface area contributed by atoms with Gasteiger partial charge < -0.3 is 4.42 Å². The third-order valence-corrected chi connectivity index (χ3v) is 5.75. The molecule has 0 aliphatic carbocycles. The van der Waals surface area contributed by atoms with E-state index < -0.39 is 5.91 Å². The predicted molar refractivity (Wildman–Crippen MR) is 119 cm³/mol. The highest BCUT2D eigenvalue weighted by molar-refractivity contribution is 8.27. The molecular weight excluding hydrogens is 415 g/mol. The normalized spacial score (nSPS) is 17.1. The molecule has 152 valence electrons. The number of thioether (sulfide) groups is 1. The number of nitrogens with zero attached hydrogens (tertiary/aromatic N) is 3. The third-order valence-electron chi connectivity index (χ3n) is 4.80. The minimum atomic E-state index is -0.524. The Balaban J connectivity index is 1.43. The molecule has 0 saturated heterocycles. The van der Waals surface area contributed by atoms with E-state index in [4.69, 9.17) is 9.83 Å². The molecule has 2 aromatic carbocycles. The summed E-state index contributed by atoms with van der Waals surface area (Å²) in [5.74, 6) is -0.00214. The van der Waals surface area contributed by atoms with Gasteiger partial charge in [0, 0.05) is 11.1 Å². The molecule has 1 aromatic heterocycles. The third kappa shape index (κ3) is 3.62. The highest BCUT2D eigenvalue weighted by atomic mass is 32.2. The Morgan fingerprint density at radius 2 is 1.74 bits per heavy atom. The second-order valence-electron chi connectivity index (χ2n) is 7.00. The molecule has 2 aliphatic rings. The second kappa shape index (κ2) is 7.48. The van der Waals surface area contributed by atoms with E-state index in [1.54, 1.807) is 24.3 Å². The number of amidine groups is 2. The lowest BCUT2D eigenvalue weighted by Crippen LogP contribution is -2.35. The zero-order valence-electron chi connectivity index (χ0n) is 16.3. The molecular formula is C23H15FN4O2S. The first kappa shape index (κ1) is 19.2. The molecule has 3 aromatic rings. The lowest BCUT2D eigenvalue weighted by molar-refractivity contribution is -0.114. The Bertz CT molecular complexity index is 1300. The van der Waals surface area contributed by atoms with Gasteiger partial charge in [-0.3, -0.25) is 10.2 Å². The van der Waals surface area contributed by atoms with Crippen molar-refractivity contribution in [1.82, 2.24) is 5.01 Å². The molecule has 6 nitrogen and oxygen atoms in total. The number of furan rings is 1. The van der Waals surface area contributed by atoms with E-state index in [0.717, 1.165) is 11.1 Å². The van der Waals surface area contributed by atoms with Crippen LogP contribution in [0.3, 0.4) is 0 Å². The maximum atomic E-state index is 13.1. The van der Waals surface area contributed by atoms with E-state index in [0.29, 0.717) is 27.3 Å². The van der Waals surface area contributed by atoms with Crippen LogP contribution in [0.2, 0.25) is 0 Å². The maximum absolute atomic E-state index is 13.1. The molecule has 8 heteroatoms. The van der Waals surface area contributed by atoms with Gasteiger partial charge in [0.2, 0.25) is 5.17 Å². The van der Waals surface area contributed by atoms with Gasteiger partial charge >= 0.3 is 0 Å². The predicted octanol–water partition coefficient (Wildman–Crippen LogP) is 5.06. The van der Waals surface area contributed by atoms with Gasteiger partial charge in [0.25, 0.3) is 5.91 Å². The lowest BCUT2D eigenvalue weighted by atomic mass is 10.1. The van der Waals surface area contributed by atoms with Crippen LogP contribution in [0.4, 0.5) is 4.39 Å². The number of amides is 1. The van der Waals surface area contributed by atoms with Crippen LogP contribution >= 0.6 is 11.8 Å². The number of benzene rings is 2. The van der Waals surface area contributed by atoms with Crippen LogP contribution < -0.4 is 0 Å². The summed E-state index contributed by atoms with van der Waals surface area (Å²) in [6.45, 7) is 2.00. The summed E-state index contributed by atoms with van der Waals surface area (Å²) in [7, 11) is 0. The molecule has 1 N–H and O–H groups in total. The second-order valence-corrected chi connectivity index (χ2v) is 7.96. The van der Waals surface area contributed by atoms with Crippen molar-refractivity contribution >= 4 is 39.8 Å². The highest BCUT2D eigenvalue weighted by Gasteiger charge is 2.36. The topological polar surface area (TPSA) is 82.0 Å². The van der Waals surface area contributed by atoms with Gasteiger partial charge in [-0.25, -0.2) is 4.39 Å². The molecule has 0 unspecified atom stereocenters. The molecule has 0 saturated carbocycles. The molecule has 0 fully saturated rings. The number of nitrogens with one attached hydrogen (secondary N) is 1. The number of fused-ring (bicyclic) bond motifs is 1. The number of hydrogen-bond acceptors (Lipinski definition) is 5. The molecule has 0 radical (unpaired) electrons. The quantitative estimate of drug-likeness (QED) is 0.589. The Morgan fingerprint density at radius 3 is 2.48 bits per heavy atom. The van der Waals surface area contributed by atoms with Crippen LogP contribution in [0, 0.1) is 18.2 Å². The summed E-state index contributed by atoms with van der Waals surface area (Å²) in [4.78, 5) is 16.7. The molecule has 3 heterocycles. The van der Waals surface area contributed by atoms with Gasteiger partial charge in [0.15, 0.2) is 5.84 Å². The monoisotopic (exact) mass is 430 g/mol. The molecule has 5 rings (SSSR count). The Morgan fingerprint density at radius 1 is 1.03 bits per heavy atom. The number of hydrogen-bond donors (Lipinski definition) is 1. The number of aliphatic imine (C=N–C) groups is 1. The number of halogens is 1. The number of carbonyl (C=O) groups excluding carboxylic acids is 1. The van der Waals surface area contributed by atoms with Crippen molar-refractivity contribution in [3.05, 3.63) is 88.9 Å². The summed E-state index contributed by atoms with van der Waals surface area (Å²) in [6.07, 6.45) is 1.47. The van der Waals surface area contributed by atoms with Crippen molar-refractivity contribution in [1.29, 1.82) is 5.41 Å². The molecule has 0 bridgehead atoms. The molecule has 2 aliphatic heterocycles. The summed E-state index contributed by atoms with van der Waals surface area (Å²) in [5, 5.41) is 15.4. The molecule has 31 heavy (non-hydrogen) atoms. The van der Waals surface area contributed by atoms with Crippen LogP contribution in [0.5, 0.6) is 0 Å². The van der Waals surface area contributed by atoms with Gasteiger partial charge in [0.05, 0.1) is 5.57 Å². The fraction of sp³-hybridized carbons (Fsp3) is 0.0435. The average Bonchev–Trinajstić information content (AvgIpc) is 3.40. The largest absolute Gasteiger partial charge is 0.457 e. The highest BCUT2D eigenvalue weighted by Crippen LogP contribution is 2.31. The van der Waals surface area contributed by atoms with Gasteiger partial charge in [-0.1, -0.05) is 29.8 Å². The molecule has 0 atom stereocenters. The van der Waals surface area contributed by atoms with Gasteiger partial charge in [0.1, 0.15) is 22.4 Å². The zero-order chi connectivity index (χ0) is 21.5. The van der Waals surface area contributed by atoms with Crippen LogP contribution in [0.15, 0.2) is 80.7 Å². The summed E-state index contributed by atoms with van der Waals surface area (Å²) >= 11 is 1.25. The van der Waals surface area contributed by atoms with Crippen molar-refractivity contribution in [2.45, 2.75) is 6.92 Å². The number of carbonyl (C=O) groups is 1. The van der Waals surface area contributed by atoms with Crippen molar-refractivity contribution in [2.24, 2.45) is 10.1 Å². The average molecular weight is 430 g/mol. The Kier molecular flexibility index (Phi) is 4.63. The summed E-state index contributed by atoms with van der Waals surface area (Å²) in [6, 6.07) is 17.2. The number of rotatable bonds is 3. The number of aryl methyl sites for hydroxylation is 1. The fourth-order valence-corrected chi connectivity index (χ4v) is 4.04. The molecule has 1 amide bonds. The minimum absolute atomic E-state index is 0.0654. The smallest absolute Gasteiger partial charge is 0.283 e. The zero-order valence-corrected chi connectivity index (χ0v) is 17.1. The van der Waals surface area contributed by atoms with Crippen molar-refractivity contribution in [2.75, 3.05) is 0 Å². The maximum Gasteiger partial charge on any atom is 0.283 e. The van der Waals surface area contributed by atoms with Gasteiger partial charge in [-0.05, 0) is 61.2 Å². The molecule has 0 spiro atoms. The van der Waals surface area contributed by atoms with E-state index >= 15 is 0 Å². The van der Waals surface area contributed by atoms with E-state index in [1.807, 2.05) is 31.2 Å². The van der Waals surface area contributed by atoms with Crippen LogP contribution in [0.1, 0.15) is 16.9 Å². The Hall–Kier alpha value is -3.78. The van der Waals surface area contributed by atoms with E-state index in [-0.39, 0.29) is 17.2 Å². The van der Waals surface area contributed by atoms with Crippen molar-refractivity contribution < 1.29 is 13.6 Å². The van der Waals surface area contributed by atoms with E-state index in [2.05, 4.69) is 10.1 Å². The lowest BCUT2D eigenvalue weighted by Gasteiger charge is -2.19. The summed E-state index contributed by atoms with van der Waals surface area (Å²) in [5.41, 5.74) is 2.82. The Labute approximate surface area is 181 Å².